The lowest BCUT2D eigenvalue weighted by Gasteiger charge is -2.26. The van der Waals surface area contributed by atoms with Crippen molar-refractivity contribution in [3.05, 3.63) is 75.6 Å². The van der Waals surface area contributed by atoms with E-state index in [0.29, 0.717) is 29.7 Å². The van der Waals surface area contributed by atoms with Crippen molar-refractivity contribution >= 4 is 28.2 Å². The van der Waals surface area contributed by atoms with Crippen molar-refractivity contribution in [2.45, 2.75) is 33.9 Å². The highest BCUT2D eigenvalue weighted by Crippen LogP contribution is 2.17. The van der Waals surface area contributed by atoms with Gasteiger partial charge in [-0.3, -0.25) is 4.79 Å². The fourth-order valence-corrected chi connectivity index (χ4v) is 3.46. The molecule has 0 aliphatic carbocycles. The SMILES string of the molecule is COc1ccc(CN(Cc2cc3cc(C)ccc3[nH]c2=O)C(=S)NCC(C)C)cc1. The molecular formula is C24H29N3O2S. The van der Waals surface area contributed by atoms with Crippen LogP contribution in [0.15, 0.2) is 53.3 Å². The van der Waals surface area contributed by atoms with Gasteiger partial charge in [0.2, 0.25) is 0 Å². The van der Waals surface area contributed by atoms with Crippen molar-refractivity contribution in [2.75, 3.05) is 13.7 Å². The van der Waals surface area contributed by atoms with Gasteiger partial charge >= 0.3 is 0 Å². The van der Waals surface area contributed by atoms with Gasteiger partial charge in [-0.2, -0.15) is 0 Å². The average Bonchev–Trinajstić information content (AvgIpc) is 2.72. The summed E-state index contributed by atoms with van der Waals surface area (Å²) in [6, 6.07) is 15.9. The molecule has 0 radical (unpaired) electrons. The Balaban J connectivity index is 1.88. The molecule has 1 heterocycles. The number of hydrogen-bond acceptors (Lipinski definition) is 3. The number of ether oxygens (including phenoxy) is 1. The molecule has 0 spiro atoms. The molecule has 2 aromatic carbocycles. The number of hydrogen-bond donors (Lipinski definition) is 2. The van der Waals surface area contributed by atoms with Crippen LogP contribution in [0.4, 0.5) is 0 Å². The van der Waals surface area contributed by atoms with Gasteiger partial charge in [0.1, 0.15) is 5.75 Å². The van der Waals surface area contributed by atoms with Crippen LogP contribution in [0, 0.1) is 12.8 Å². The van der Waals surface area contributed by atoms with Crippen LogP contribution in [0.3, 0.4) is 0 Å². The number of nitrogens with zero attached hydrogens (tertiary/aromatic N) is 1. The zero-order chi connectivity index (χ0) is 21.7. The van der Waals surface area contributed by atoms with Gasteiger partial charge in [0.15, 0.2) is 5.11 Å². The molecule has 0 unspecified atom stereocenters. The Kier molecular flexibility index (Phi) is 7.11. The molecule has 1 aromatic heterocycles. The first-order valence-electron chi connectivity index (χ1n) is 10.1. The summed E-state index contributed by atoms with van der Waals surface area (Å²) in [6.45, 7) is 8.13. The second kappa shape index (κ2) is 9.76. The summed E-state index contributed by atoms with van der Waals surface area (Å²) >= 11 is 5.68. The largest absolute Gasteiger partial charge is 0.497 e. The number of aromatic amines is 1. The number of pyridine rings is 1. The van der Waals surface area contributed by atoms with Gasteiger partial charge in [0, 0.05) is 24.2 Å². The predicted molar refractivity (Wildman–Crippen MR) is 127 cm³/mol. The van der Waals surface area contributed by atoms with E-state index >= 15 is 0 Å². The summed E-state index contributed by atoms with van der Waals surface area (Å²) < 4.78 is 5.25. The van der Waals surface area contributed by atoms with Crippen LogP contribution in [-0.2, 0) is 13.1 Å². The summed E-state index contributed by atoms with van der Waals surface area (Å²) in [7, 11) is 1.65. The van der Waals surface area contributed by atoms with Crippen LogP contribution in [0.1, 0.15) is 30.5 Å². The molecular weight excluding hydrogens is 394 g/mol. The third-order valence-electron chi connectivity index (χ3n) is 4.92. The molecule has 0 saturated heterocycles. The first kappa shape index (κ1) is 21.8. The molecule has 5 nitrogen and oxygen atoms in total. The molecule has 0 amide bonds. The Morgan fingerprint density at radius 1 is 1.13 bits per heavy atom. The van der Waals surface area contributed by atoms with Crippen LogP contribution in [0.2, 0.25) is 0 Å². The molecule has 30 heavy (non-hydrogen) atoms. The number of fused-ring (bicyclic) bond motifs is 1. The van der Waals surface area contributed by atoms with Crippen molar-refractivity contribution < 1.29 is 4.74 Å². The summed E-state index contributed by atoms with van der Waals surface area (Å²) in [5, 5.41) is 5.00. The van der Waals surface area contributed by atoms with Crippen LogP contribution in [0.5, 0.6) is 5.75 Å². The smallest absolute Gasteiger partial charge is 0.253 e. The van der Waals surface area contributed by atoms with Gasteiger partial charge in [-0.1, -0.05) is 37.6 Å². The van der Waals surface area contributed by atoms with E-state index in [1.807, 2.05) is 54.3 Å². The van der Waals surface area contributed by atoms with E-state index in [2.05, 4.69) is 30.2 Å². The van der Waals surface area contributed by atoms with Gasteiger partial charge < -0.3 is 19.9 Å². The number of benzene rings is 2. The number of rotatable bonds is 7. The fraction of sp³-hybridized carbons (Fsp3) is 0.333. The van der Waals surface area contributed by atoms with E-state index in [9.17, 15) is 4.79 Å². The molecule has 0 atom stereocenters. The number of aromatic nitrogens is 1. The van der Waals surface area contributed by atoms with Gasteiger partial charge in [-0.15, -0.1) is 0 Å². The number of aryl methyl sites for hydroxylation is 1. The van der Waals surface area contributed by atoms with E-state index in [-0.39, 0.29) is 5.56 Å². The predicted octanol–water partition coefficient (Wildman–Crippen LogP) is 4.38. The number of H-pyrrole nitrogens is 1. The minimum atomic E-state index is -0.0854. The van der Waals surface area contributed by atoms with Crippen molar-refractivity contribution in [1.82, 2.24) is 15.2 Å². The number of nitrogens with one attached hydrogen (secondary N) is 2. The van der Waals surface area contributed by atoms with Gasteiger partial charge in [0.25, 0.3) is 5.56 Å². The standard InChI is InChI=1S/C24H29N3O2S/c1-16(2)13-25-24(30)27(14-18-6-8-21(29-4)9-7-18)15-20-12-19-11-17(3)5-10-22(19)26-23(20)28/h5-12,16H,13-15H2,1-4H3,(H,25,30)(H,26,28). The van der Waals surface area contributed by atoms with Crippen molar-refractivity contribution in [3.8, 4) is 5.75 Å². The van der Waals surface area contributed by atoms with E-state index in [0.717, 1.165) is 34.3 Å². The third-order valence-corrected chi connectivity index (χ3v) is 5.32. The Morgan fingerprint density at radius 3 is 2.53 bits per heavy atom. The summed E-state index contributed by atoms with van der Waals surface area (Å²) in [6.07, 6.45) is 0. The highest BCUT2D eigenvalue weighted by atomic mass is 32.1. The molecule has 158 valence electrons. The molecule has 0 fully saturated rings. The zero-order valence-corrected chi connectivity index (χ0v) is 18.8. The van der Waals surface area contributed by atoms with Crippen LogP contribution < -0.4 is 15.6 Å². The molecule has 0 saturated carbocycles. The quantitative estimate of drug-likeness (QED) is 0.553. The Hall–Kier alpha value is -2.86. The fourth-order valence-electron chi connectivity index (χ4n) is 3.25. The Morgan fingerprint density at radius 2 is 1.87 bits per heavy atom. The average molecular weight is 424 g/mol. The summed E-state index contributed by atoms with van der Waals surface area (Å²) in [5.74, 6) is 1.28. The summed E-state index contributed by atoms with van der Waals surface area (Å²) in [5.41, 5.74) is 3.70. The van der Waals surface area contributed by atoms with Crippen LogP contribution >= 0.6 is 12.2 Å². The van der Waals surface area contributed by atoms with E-state index in [4.69, 9.17) is 17.0 Å². The maximum absolute atomic E-state index is 12.7. The lowest BCUT2D eigenvalue weighted by Crippen LogP contribution is -2.41. The van der Waals surface area contributed by atoms with Gasteiger partial charge in [-0.05, 0) is 66.3 Å². The monoisotopic (exact) mass is 423 g/mol. The van der Waals surface area contributed by atoms with Crippen molar-refractivity contribution in [1.29, 1.82) is 0 Å². The topological polar surface area (TPSA) is 57.4 Å². The third kappa shape index (κ3) is 5.60. The molecule has 3 rings (SSSR count). The zero-order valence-electron chi connectivity index (χ0n) is 18.0. The molecule has 2 N–H and O–H groups in total. The summed E-state index contributed by atoms with van der Waals surface area (Å²) in [4.78, 5) is 17.7. The first-order chi connectivity index (χ1) is 14.4. The number of methoxy groups -OCH3 is 1. The van der Waals surface area contributed by atoms with Crippen molar-refractivity contribution in [2.24, 2.45) is 5.92 Å². The molecule has 0 aliphatic rings. The van der Waals surface area contributed by atoms with E-state index in [1.165, 1.54) is 0 Å². The second-order valence-corrected chi connectivity index (χ2v) is 8.39. The van der Waals surface area contributed by atoms with Crippen LogP contribution in [-0.4, -0.2) is 28.7 Å². The molecule has 0 aliphatic heterocycles. The lowest BCUT2D eigenvalue weighted by atomic mass is 10.1. The minimum Gasteiger partial charge on any atom is -0.497 e. The lowest BCUT2D eigenvalue weighted by molar-refractivity contribution is 0.392. The molecule has 3 aromatic rings. The highest BCUT2D eigenvalue weighted by Gasteiger charge is 2.14. The van der Waals surface area contributed by atoms with Crippen LogP contribution in [0.25, 0.3) is 10.9 Å². The van der Waals surface area contributed by atoms with Gasteiger partial charge in [-0.25, -0.2) is 0 Å². The second-order valence-electron chi connectivity index (χ2n) is 8.00. The Labute approximate surface area is 183 Å². The van der Waals surface area contributed by atoms with Gasteiger partial charge in [0.05, 0.1) is 13.7 Å². The molecule has 6 heteroatoms. The minimum absolute atomic E-state index is 0.0854. The normalized spacial score (nSPS) is 11.0. The Bertz CT molecular complexity index is 1070. The van der Waals surface area contributed by atoms with Crippen molar-refractivity contribution in [3.63, 3.8) is 0 Å². The highest BCUT2D eigenvalue weighted by molar-refractivity contribution is 7.80. The molecule has 0 bridgehead atoms. The maximum Gasteiger partial charge on any atom is 0.253 e. The van der Waals surface area contributed by atoms with E-state index in [1.54, 1.807) is 7.11 Å². The van der Waals surface area contributed by atoms with E-state index < -0.39 is 0 Å². The first-order valence-corrected chi connectivity index (χ1v) is 10.5. The number of thiocarbonyl (C=S) groups is 1. The maximum atomic E-state index is 12.7.